The van der Waals surface area contributed by atoms with Crippen LogP contribution in [-0.4, -0.2) is 43.1 Å². The maximum Gasteiger partial charge on any atom is 0.228 e. The van der Waals surface area contributed by atoms with Gasteiger partial charge in [0, 0.05) is 30.6 Å². The molecule has 2 aliphatic rings. The molecule has 0 aromatic heterocycles. The number of rotatable bonds is 4. The van der Waals surface area contributed by atoms with E-state index in [0.717, 1.165) is 30.8 Å². The number of hydrogen-bond donors (Lipinski definition) is 1. The number of ether oxygens (including phenoxy) is 1. The number of likely N-dealkylation sites (tertiary alicyclic amines) is 1. The van der Waals surface area contributed by atoms with Crippen molar-refractivity contribution < 1.29 is 9.53 Å². The van der Waals surface area contributed by atoms with E-state index < -0.39 is 5.41 Å². The number of methoxy groups -OCH3 is 1. The SMILES string of the molecule is COc1ccccc1CC(C)(C)C(=O)N1CCC2CCC(C1)N2. The highest BCUT2D eigenvalue weighted by Crippen LogP contribution is 2.31. The van der Waals surface area contributed by atoms with Gasteiger partial charge in [-0.05, 0) is 37.3 Å². The number of benzene rings is 1. The monoisotopic (exact) mass is 316 g/mol. The Morgan fingerprint density at radius 3 is 2.78 bits per heavy atom. The van der Waals surface area contributed by atoms with Crippen LogP contribution in [0.1, 0.15) is 38.7 Å². The first-order valence-corrected chi connectivity index (χ1v) is 8.67. The molecule has 2 atom stereocenters. The van der Waals surface area contributed by atoms with Gasteiger partial charge in [-0.1, -0.05) is 32.0 Å². The molecule has 23 heavy (non-hydrogen) atoms. The Morgan fingerprint density at radius 1 is 1.26 bits per heavy atom. The molecule has 2 unspecified atom stereocenters. The second-order valence-electron chi connectivity index (χ2n) is 7.55. The van der Waals surface area contributed by atoms with Crippen LogP contribution in [0.3, 0.4) is 0 Å². The molecule has 3 rings (SSSR count). The Balaban J connectivity index is 1.72. The summed E-state index contributed by atoms with van der Waals surface area (Å²) in [5, 5.41) is 3.64. The van der Waals surface area contributed by atoms with Gasteiger partial charge in [-0.25, -0.2) is 0 Å². The van der Waals surface area contributed by atoms with Gasteiger partial charge in [-0.2, -0.15) is 0 Å². The fourth-order valence-electron chi connectivity index (χ4n) is 3.96. The lowest BCUT2D eigenvalue weighted by atomic mass is 9.83. The number of fused-ring (bicyclic) bond motifs is 2. The van der Waals surface area contributed by atoms with Gasteiger partial charge in [0.15, 0.2) is 0 Å². The summed E-state index contributed by atoms with van der Waals surface area (Å²) in [6.07, 6.45) is 4.24. The van der Waals surface area contributed by atoms with Crippen LogP contribution in [-0.2, 0) is 11.2 Å². The Hall–Kier alpha value is -1.55. The molecule has 0 saturated carbocycles. The van der Waals surface area contributed by atoms with Crippen LogP contribution < -0.4 is 10.1 Å². The topological polar surface area (TPSA) is 41.6 Å². The van der Waals surface area contributed by atoms with Gasteiger partial charge in [0.25, 0.3) is 0 Å². The van der Waals surface area contributed by atoms with E-state index >= 15 is 0 Å². The van der Waals surface area contributed by atoms with E-state index in [4.69, 9.17) is 4.74 Å². The van der Waals surface area contributed by atoms with Crippen molar-refractivity contribution in [2.24, 2.45) is 5.41 Å². The molecule has 0 spiro atoms. The lowest BCUT2D eigenvalue weighted by Crippen LogP contribution is -2.46. The Morgan fingerprint density at radius 2 is 2.00 bits per heavy atom. The van der Waals surface area contributed by atoms with Crippen molar-refractivity contribution in [3.8, 4) is 5.75 Å². The van der Waals surface area contributed by atoms with E-state index in [-0.39, 0.29) is 5.91 Å². The van der Waals surface area contributed by atoms with Crippen molar-refractivity contribution in [3.63, 3.8) is 0 Å². The van der Waals surface area contributed by atoms with Crippen LogP contribution in [0.4, 0.5) is 0 Å². The minimum Gasteiger partial charge on any atom is -0.496 e. The van der Waals surface area contributed by atoms with Crippen LogP contribution in [0.15, 0.2) is 24.3 Å². The fraction of sp³-hybridized carbons (Fsp3) is 0.632. The lowest BCUT2D eigenvalue weighted by molar-refractivity contribution is -0.140. The number of para-hydroxylation sites is 1. The first kappa shape index (κ1) is 16.3. The summed E-state index contributed by atoms with van der Waals surface area (Å²) >= 11 is 0. The van der Waals surface area contributed by atoms with E-state index in [0.29, 0.717) is 18.5 Å². The second kappa shape index (κ2) is 6.52. The smallest absolute Gasteiger partial charge is 0.228 e. The molecule has 2 aliphatic heterocycles. The molecule has 1 aromatic carbocycles. The molecule has 1 aromatic rings. The zero-order valence-corrected chi connectivity index (χ0v) is 14.5. The van der Waals surface area contributed by atoms with Crippen molar-refractivity contribution in [3.05, 3.63) is 29.8 Å². The molecule has 1 amide bonds. The van der Waals surface area contributed by atoms with Crippen LogP contribution in [0.25, 0.3) is 0 Å². The minimum absolute atomic E-state index is 0.262. The third kappa shape index (κ3) is 3.52. The molecule has 4 nitrogen and oxygen atoms in total. The summed E-state index contributed by atoms with van der Waals surface area (Å²) in [6, 6.07) is 9.08. The predicted molar refractivity (Wildman–Crippen MR) is 91.6 cm³/mol. The van der Waals surface area contributed by atoms with Crippen molar-refractivity contribution in [2.75, 3.05) is 20.2 Å². The largest absolute Gasteiger partial charge is 0.496 e. The Bertz CT molecular complexity index is 570. The van der Waals surface area contributed by atoms with E-state index in [1.807, 2.05) is 18.2 Å². The van der Waals surface area contributed by atoms with Crippen molar-refractivity contribution in [1.82, 2.24) is 10.2 Å². The van der Waals surface area contributed by atoms with E-state index in [1.165, 1.54) is 12.8 Å². The molecule has 0 aliphatic carbocycles. The normalized spacial score (nSPS) is 24.4. The van der Waals surface area contributed by atoms with Gasteiger partial charge in [-0.3, -0.25) is 4.79 Å². The van der Waals surface area contributed by atoms with Gasteiger partial charge in [0.1, 0.15) is 5.75 Å². The summed E-state index contributed by atoms with van der Waals surface area (Å²) in [5.41, 5.74) is 0.681. The molecule has 0 radical (unpaired) electrons. The number of nitrogens with zero attached hydrogens (tertiary/aromatic N) is 1. The van der Waals surface area contributed by atoms with Crippen LogP contribution in [0, 0.1) is 5.41 Å². The van der Waals surface area contributed by atoms with Crippen molar-refractivity contribution in [2.45, 2.75) is 51.6 Å². The number of amides is 1. The summed E-state index contributed by atoms with van der Waals surface area (Å²) in [5.74, 6) is 1.13. The Kier molecular flexibility index (Phi) is 4.62. The van der Waals surface area contributed by atoms with E-state index in [2.05, 4.69) is 30.1 Å². The molecular weight excluding hydrogens is 288 g/mol. The third-order valence-corrected chi connectivity index (χ3v) is 5.21. The minimum atomic E-state index is -0.418. The highest BCUT2D eigenvalue weighted by molar-refractivity contribution is 5.82. The van der Waals surface area contributed by atoms with Crippen molar-refractivity contribution >= 4 is 5.91 Å². The molecular formula is C19H28N2O2. The molecule has 126 valence electrons. The zero-order valence-electron chi connectivity index (χ0n) is 14.5. The maximum atomic E-state index is 13.1. The highest BCUT2D eigenvalue weighted by Gasteiger charge is 2.37. The van der Waals surface area contributed by atoms with Gasteiger partial charge in [0.05, 0.1) is 7.11 Å². The van der Waals surface area contributed by atoms with Gasteiger partial charge in [-0.15, -0.1) is 0 Å². The number of hydrogen-bond acceptors (Lipinski definition) is 3. The number of carbonyl (C=O) groups is 1. The standard InChI is InChI=1S/C19H28N2O2/c1-19(2,12-14-6-4-5-7-17(14)23-3)18(22)21-11-10-15-8-9-16(13-21)20-15/h4-7,15-16,20H,8-13H2,1-3H3. The first-order chi connectivity index (χ1) is 11.0. The summed E-state index contributed by atoms with van der Waals surface area (Å²) < 4.78 is 5.44. The average Bonchev–Trinajstić information content (AvgIpc) is 2.86. The molecule has 2 heterocycles. The molecule has 1 N–H and O–H groups in total. The summed E-state index contributed by atoms with van der Waals surface area (Å²) in [4.78, 5) is 15.2. The van der Waals surface area contributed by atoms with Crippen LogP contribution in [0.2, 0.25) is 0 Å². The molecule has 2 fully saturated rings. The van der Waals surface area contributed by atoms with Gasteiger partial charge < -0.3 is 15.0 Å². The first-order valence-electron chi connectivity index (χ1n) is 8.67. The molecule has 2 saturated heterocycles. The van der Waals surface area contributed by atoms with Crippen LogP contribution in [0.5, 0.6) is 5.75 Å². The number of nitrogens with one attached hydrogen (secondary N) is 1. The quantitative estimate of drug-likeness (QED) is 0.928. The van der Waals surface area contributed by atoms with Gasteiger partial charge >= 0.3 is 0 Å². The highest BCUT2D eigenvalue weighted by atomic mass is 16.5. The summed E-state index contributed by atoms with van der Waals surface area (Å²) in [6.45, 7) is 5.84. The second-order valence-corrected chi connectivity index (χ2v) is 7.55. The van der Waals surface area contributed by atoms with Crippen molar-refractivity contribution in [1.29, 1.82) is 0 Å². The molecule has 4 heteroatoms. The fourth-order valence-corrected chi connectivity index (χ4v) is 3.96. The average molecular weight is 316 g/mol. The maximum absolute atomic E-state index is 13.1. The summed E-state index contributed by atoms with van der Waals surface area (Å²) in [7, 11) is 1.69. The van der Waals surface area contributed by atoms with E-state index in [9.17, 15) is 4.79 Å². The third-order valence-electron chi connectivity index (χ3n) is 5.21. The predicted octanol–water partition coefficient (Wildman–Crippen LogP) is 2.62. The lowest BCUT2D eigenvalue weighted by Gasteiger charge is -2.33. The zero-order chi connectivity index (χ0) is 16.4. The Labute approximate surface area is 139 Å². The molecule has 2 bridgehead atoms. The number of carbonyl (C=O) groups excluding carboxylic acids is 1. The van der Waals surface area contributed by atoms with E-state index in [1.54, 1.807) is 7.11 Å². The van der Waals surface area contributed by atoms with Gasteiger partial charge in [0.2, 0.25) is 5.91 Å². The van der Waals surface area contributed by atoms with Crippen LogP contribution >= 0.6 is 0 Å².